The molecule has 0 atom stereocenters. The Kier molecular flexibility index (Phi) is 9.80. The van der Waals surface area contributed by atoms with Gasteiger partial charge in [-0.15, -0.1) is 0 Å². The maximum Gasteiger partial charge on any atom is 0.261 e. The highest BCUT2D eigenvalue weighted by molar-refractivity contribution is 7.80. The standard InChI is InChI=1S/C23H29N3O3S/c1-2-3-17-29-20-12-8-7-11-19(20)22(28)25-23(30)26(16-14-21(24)27)15-13-18-9-5-4-6-10-18/h4-12H,2-3,13-17H2,1H3,(H2,24,27)(H,25,28,30). The number of thiocarbonyl (C=S) groups is 1. The maximum absolute atomic E-state index is 12.8. The molecule has 2 aromatic rings. The first-order valence-electron chi connectivity index (χ1n) is 10.2. The average Bonchev–Trinajstić information content (AvgIpc) is 2.74. The quantitative estimate of drug-likeness (QED) is 0.425. The monoisotopic (exact) mass is 427 g/mol. The van der Waals surface area contributed by atoms with Crippen LogP contribution in [-0.2, 0) is 11.2 Å². The second-order valence-corrected chi connectivity index (χ2v) is 7.28. The van der Waals surface area contributed by atoms with E-state index in [0.29, 0.717) is 31.0 Å². The van der Waals surface area contributed by atoms with E-state index in [-0.39, 0.29) is 17.4 Å². The number of unbranched alkanes of at least 4 members (excludes halogenated alkanes) is 1. The van der Waals surface area contributed by atoms with Gasteiger partial charge >= 0.3 is 0 Å². The van der Waals surface area contributed by atoms with E-state index in [4.69, 9.17) is 22.7 Å². The average molecular weight is 428 g/mol. The molecule has 2 amide bonds. The third kappa shape index (κ3) is 7.83. The van der Waals surface area contributed by atoms with Gasteiger partial charge < -0.3 is 15.4 Å². The Bertz CT molecular complexity index is 843. The first kappa shape index (κ1) is 23.3. The summed E-state index contributed by atoms with van der Waals surface area (Å²) in [6.45, 7) is 3.53. The fourth-order valence-electron chi connectivity index (χ4n) is 2.82. The van der Waals surface area contributed by atoms with E-state index in [2.05, 4.69) is 12.2 Å². The zero-order valence-corrected chi connectivity index (χ0v) is 18.1. The van der Waals surface area contributed by atoms with Gasteiger partial charge in [0.2, 0.25) is 5.91 Å². The summed E-state index contributed by atoms with van der Waals surface area (Å²) in [6, 6.07) is 17.0. The van der Waals surface area contributed by atoms with Crippen LogP contribution in [0.2, 0.25) is 0 Å². The zero-order chi connectivity index (χ0) is 21.8. The number of carbonyl (C=O) groups is 2. The number of benzene rings is 2. The van der Waals surface area contributed by atoms with Gasteiger partial charge in [-0.25, -0.2) is 0 Å². The molecule has 160 valence electrons. The number of para-hydroxylation sites is 1. The van der Waals surface area contributed by atoms with E-state index in [9.17, 15) is 9.59 Å². The van der Waals surface area contributed by atoms with Crippen LogP contribution in [0.25, 0.3) is 0 Å². The minimum Gasteiger partial charge on any atom is -0.493 e. The summed E-state index contributed by atoms with van der Waals surface area (Å²) in [7, 11) is 0. The summed E-state index contributed by atoms with van der Waals surface area (Å²) < 4.78 is 5.75. The van der Waals surface area contributed by atoms with Gasteiger partial charge in [-0.2, -0.15) is 0 Å². The molecule has 0 aliphatic carbocycles. The van der Waals surface area contributed by atoms with Gasteiger partial charge in [-0.05, 0) is 42.8 Å². The molecule has 0 aliphatic heterocycles. The van der Waals surface area contributed by atoms with Gasteiger partial charge in [0.15, 0.2) is 5.11 Å². The van der Waals surface area contributed by atoms with Crippen LogP contribution in [0.1, 0.15) is 42.1 Å². The number of nitrogens with zero attached hydrogens (tertiary/aromatic N) is 1. The molecule has 3 N–H and O–H groups in total. The molecule has 30 heavy (non-hydrogen) atoms. The number of amides is 2. The van der Waals surface area contributed by atoms with Crippen LogP contribution in [0.15, 0.2) is 54.6 Å². The molecule has 0 unspecified atom stereocenters. The predicted octanol–water partition coefficient (Wildman–Crippen LogP) is 3.30. The van der Waals surface area contributed by atoms with Crippen molar-refractivity contribution in [1.29, 1.82) is 0 Å². The van der Waals surface area contributed by atoms with E-state index in [1.54, 1.807) is 23.1 Å². The van der Waals surface area contributed by atoms with Crippen LogP contribution >= 0.6 is 12.2 Å². The van der Waals surface area contributed by atoms with Crippen molar-refractivity contribution in [3.8, 4) is 5.75 Å². The fraction of sp³-hybridized carbons (Fsp3) is 0.348. The topological polar surface area (TPSA) is 84.7 Å². The Labute approximate surface area is 183 Å². The Hall–Kier alpha value is -2.93. The van der Waals surface area contributed by atoms with Crippen LogP contribution in [0.3, 0.4) is 0 Å². The summed E-state index contributed by atoms with van der Waals surface area (Å²) in [5, 5.41) is 3.04. The van der Waals surface area contributed by atoms with Crippen molar-refractivity contribution in [2.45, 2.75) is 32.6 Å². The molecule has 0 fully saturated rings. The highest BCUT2D eigenvalue weighted by Crippen LogP contribution is 2.18. The number of nitrogens with one attached hydrogen (secondary N) is 1. The lowest BCUT2D eigenvalue weighted by Gasteiger charge is -2.25. The van der Waals surface area contributed by atoms with Crippen LogP contribution in [0.4, 0.5) is 0 Å². The lowest BCUT2D eigenvalue weighted by atomic mass is 10.1. The van der Waals surface area contributed by atoms with E-state index in [1.807, 2.05) is 36.4 Å². The van der Waals surface area contributed by atoms with Crippen LogP contribution < -0.4 is 15.8 Å². The van der Waals surface area contributed by atoms with Crippen molar-refractivity contribution in [3.63, 3.8) is 0 Å². The van der Waals surface area contributed by atoms with E-state index >= 15 is 0 Å². The summed E-state index contributed by atoms with van der Waals surface area (Å²) in [4.78, 5) is 25.9. The number of nitrogens with two attached hydrogens (primary N) is 1. The van der Waals surface area contributed by atoms with Crippen molar-refractivity contribution in [2.24, 2.45) is 5.73 Å². The smallest absolute Gasteiger partial charge is 0.261 e. The number of ether oxygens (including phenoxy) is 1. The molecule has 0 spiro atoms. The Morgan fingerprint density at radius 3 is 2.47 bits per heavy atom. The molecular weight excluding hydrogens is 398 g/mol. The molecule has 0 radical (unpaired) electrons. The lowest BCUT2D eigenvalue weighted by molar-refractivity contribution is -0.118. The van der Waals surface area contributed by atoms with E-state index in [0.717, 1.165) is 24.8 Å². The molecule has 0 saturated heterocycles. The van der Waals surface area contributed by atoms with E-state index in [1.165, 1.54) is 0 Å². The van der Waals surface area contributed by atoms with Crippen LogP contribution in [-0.4, -0.2) is 41.5 Å². The molecule has 2 aromatic carbocycles. The highest BCUT2D eigenvalue weighted by atomic mass is 32.1. The van der Waals surface area contributed by atoms with Gasteiger partial charge in [-0.3, -0.25) is 14.9 Å². The third-order valence-electron chi connectivity index (χ3n) is 4.54. The summed E-state index contributed by atoms with van der Waals surface area (Å²) in [5.41, 5.74) is 6.87. The Morgan fingerprint density at radius 2 is 1.77 bits per heavy atom. The molecule has 0 heterocycles. The van der Waals surface area contributed by atoms with Crippen LogP contribution in [0, 0.1) is 0 Å². The Morgan fingerprint density at radius 1 is 1.07 bits per heavy atom. The first-order chi connectivity index (χ1) is 14.5. The van der Waals surface area contributed by atoms with Crippen molar-refractivity contribution >= 4 is 29.1 Å². The number of hydrogen-bond donors (Lipinski definition) is 2. The van der Waals surface area contributed by atoms with E-state index < -0.39 is 5.91 Å². The zero-order valence-electron chi connectivity index (χ0n) is 17.3. The molecule has 0 aliphatic rings. The van der Waals surface area contributed by atoms with Crippen molar-refractivity contribution in [3.05, 3.63) is 65.7 Å². The van der Waals surface area contributed by atoms with Gasteiger partial charge in [0.1, 0.15) is 5.75 Å². The highest BCUT2D eigenvalue weighted by Gasteiger charge is 2.17. The second kappa shape index (κ2) is 12.6. The molecule has 0 saturated carbocycles. The number of rotatable bonds is 11. The second-order valence-electron chi connectivity index (χ2n) is 6.90. The molecule has 2 rings (SSSR count). The number of carbonyl (C=O) groups excluding carboxylic acids is 2. The predicted molar refractivity (Wildman–Crippen MR) is 122 cm³/mol. The maximum atomic E-state index is 12.8. The molecule has 0 bridgehead atoms. The SMILES string of the molecule is CCCCOc1ccccc1C(=O)NC(=S)N(CCC(N)=O)CCc1ccccc1. The normalized spacial score (nSPS) is 10.3. The molecular formula is C23H29N3O3S. The summed E-state index contributed by atoms with van der Waals surface area (Å²) in [6.07, 6.45) is 2.80. The first-order valence-corrected chi connectivity index (χ1v) is 10.6. The lowest BCUT2D eigenvalue weighted by Crippen LogP contribution is -2.44. The van der Waals surface area contributed by atoms with Crippen molar-refractivity contribution in [1.82, 2.24) is 10.2 Å². The summed E-state index contributed by atoms with van der Waals surface area (Å²) >= 11 is 5.47. The van der Waals surface area contributed by atoms with Gasteiger partial charge in [0, 0.05) is 19.5 Å². The van der Waals surface area contributed by atoms with Gasteiger partial charge in [0.05, 0.1) is 12.2 Å². The fourth-order valence-corrected chi connectivity index (χ4v) is 3.09. The number of hydrogen-bond acceptors (Lipinski definition) is 4. The minimum absolute atomic E-state index is 0.154. The molecule has 0 aromatic heterocycles. The van der Waals surface area contributed by atoms with Gasteiger partial charge in [0.25, 0.3) is 5.91 Å². The largest absolute Gasteiger partial charge is 0.493 e. The van der Waals surface area contributed by atoms with Crippen LogP contribution in [0.5, 0.6) is 5.75 Å². The third-order valence-corrected chi connectivity index (χ3v) is 4.90. The Balaban J connectivity index is 2.04. The van der Waals surface area contributed by atoms with Crippen molar-refractivity contribution < 1.29 is 14.3 Å². The molecule has 6 nitrogen and oxygen atoms in total. The molecule has 7 heteroatoms. The minimum atomic E-state index is -0.413. The van der Waals surface area contributed by atoms with Crippen molar-refractivity contribution in [2.75, 3.05) is 19.7 Å². The van der Waals surface area contributed by atoms with Gasteiger partial charge in [-0.1, -0.05) is 55.8 Å². The number of primary amides is 1. The summed E-state index contributed by atoms with van der Waals surface area (Å²) in [5.74, 6) is -0.224.